The van der Waals surface area contributed by atoms with Gasteiger partial charge in [0, 0.05) is 37.1 Å². The molecule has 116 valence electrons. The molecule has 1 saturated heterocycles. The summed E-state index contributed by atoms with van der Waals surface area (Å²) in [7, 11) is 2.07. The molecule has 0 aromatic rings. The molecule has 6 heteroatoms. The van der Waals surface area contributed by atoms with Gasteiger partial charge in [-0.3, -0.25) is 9.69 Å². The monoisotopic (exact) mass is 285 g/mol. The smallest absolute Gasteiger partial charge is 0.317 e. The zero-order chi connectivity index (χ0) is 15.5. The van der Waals surface area contributed by atoms with Crippen molar-refractivity contribution in [3.05, 3.63) is 0 Å². The van der Waals surface area contributed by atoms with Gasteiger partial charge < -0.3 is 15.3 Å². The zero-order valence-corrected chi connectivity index (χ0v) is 13.1. The van der Waals surface area contributed by atoms with Crippen LogP contribution in [0.5, 0.6) is 0 Å². The van der Waals surface area contributed by atoms with Crippen molar-refractivity contribution < 1.29 is 14.7 Å². The quantitative estimate of drug-likeness (QED) is 0.818. The lowest BCUT2D eigenvalue weighted by molar-refractivity contribution is -0.137. The molecule has 1 heterocycles. The van der Waals surface area contributed by atoms with E-state index in [2.05, 4.69) is 31.1 Å². The predicted molar refractivity (Wildman–Crippen MR) is 77.7 cm³/mol. The van der Waals surface area contributed by atoms with Crippen molar-refractivity contribution in [3.8, 4) is 0 Å². The fourth-order valence-corrected chi connectivity index (χ4v) is 2.42. The van der Waals surface area contributed by atoms with Gasteiger partial charge in [-0.25, -0.2) is 4.79 Å². The molecule has 2 atom stereocenters. The number of aliphatic carboxylic acids is 1. The number of rotatable bonds is 4. The Hall–Kier alpha value is -1.30. The van der Waals surface area contributed by atoms with E-state index in [1.807, 2.05) is 18.7 Å². The molecular weight excluding hydrogens is 258 g/mol. The Kier molecular flexibility index (Phi) is 5.39. The third kappa shape index (κ3) is 4.67. The summed E-state index contributed by atoms with van der Waals surface area (Å²) in [6.07, 6.45) is 0.482. The number of likely N-dealkylation sites (N-methyl/N-ethyl adjacent to an activating group) is 1. The van der Waals surface area contributed by atoms with Gasteiger partial charge in [0.15, 0.2) is 0 Å². The molecule has 1 rings (SSSR count). The van der Waals surface area contributed by atoms with Crippen LogP contribution in [0.15, 0.2) is 0 Å². The topological polar surface area (TPSA) is 72.9 Å². The molecule has 0 saturated carbocycles. The lowest BCUT2D eigenvalue weighted by Crippen LogP contribution is -2.60. The van der Waals surface area contributed by atoms with Crippen LogP contribution < -0.4 is 5.32 Å². The third-order valence-corrected chi connectivity index (χ3v) is 4.06. The summed E-state index contributed by atoms with van der Waals surface area (Å²) in [6.45, 7) is 9.31. The van der Waals surface area contributed by atoms with Crippen LogP contribution in [0.3, 0.4) is 0 Å². The minimum Gasteiger partial charge on any atom is -0.481 e. The molecular formula is C14H27N3O3. The molecule has 1 aliphatic rings. The summed E-state index contributed by atoms with van der Waals surface area (Å²) in [5.41, 5.74) is -0.509. The third-order valence-electron chi connectivity index (χ3n) is 4.06. The molecule has 2 N–H and O–H groups in total. The Morgan fingerprint density at radius 1 is 1.25 bits per heavy atom. The molecule has 20 heavy (non-hydrogen) atoms. The van der Waals surface area contributed by atoms with Crippen molar-refractivity contribution in [1.82, 2.24) is 15.1 Å². The first-order chi connectivity index (χ1) is 9.12. The summed E-state index contributed by atoms with van der Waals surface area (Å²) in [5.74, 6) is -0.839. The van der Waals surface area contributed by atoms with Crippen LogP contribution in [0.2, 0.25) is 0 Å². The molecule has 0 spiro atoms. The first-order valence-electron chi connectivity index (χ1n) is 7.13. The first kappa shape index (κ1) is 16.8. The van der Waals surface area contributed by atoms with E-state index < -0.39 is 11.5 Å². The van der Waals surface area contributed by atoms with Crippen LogP contribution in [-0.2, 0) is 4.79 Å². The van der Waals surface area contributed by atoms with Gasteiger partial charge >= 0.3 is 12.0 Å². The number of carboxylic acid groups (broad SMARTS) is 1. The lowest BCUT2D eigenvalue weighted by Gasteiger charge is -2.43. The highest BCUT2D eigenvalue weighted by Crippen LogP contribution is 2.16. The van der Waals surface area contributed by atoms with Crippen LogP contribution in [0.4, 0.5) is 4.79 Å². The van der Waals surface area contributed by atoms with Gasteiger partial charge in [0.25, 0.3) is 0 Å². The highest BCUT2D eigenvalue weighted by atomic mass is 16.4. The second-order valence-corrected chi connectivity index (χ2v) is 6.48. The standard InChI is InChI=1S/C14H27N3O3/c1-10-8-17(9-11(2)16(10)5)13(20)15-14(3,4)7-6-12(18)19/h10-11H,6-9H2,1-5H3,(H,15,20)(H,18,19). The second-order valence-electron chi connectivity index (χ2n) is 6.48. The number of hydrogen-bond acceptors (Lipinski definition) is 3. The minimum absolute atomic E-state index is 0.0584. The number of nitrogens with zero attached hydrogens (tertiary/aromatic N) is 2. The highest BCUT2D eigenvalue weighted by Gasteiger charge is 2.31. The number of amides is 2. The average Bonchev–Trinajstić information content (AvgIpc) is 2.32. The van der Waals surface area contributed by atoms with Crippen LogP contribution in [0.25, 0.3) is 0 Å². The van der Waals surface area contributed by atoms with E-state index in [-0.39, 0.29) is 12.5 Å². The molecule has 1 fully saturated rings. The average molecular weight is 285 g/mol. The fourth-order valence-electron chi connectivity index (χ4n) is 2.42. The fraction of sp³-hybridized carbons (Fsp3) is 0.857. The first-order valence-corrected chi connectivity index (χ1v) is 7.13. The van der Waals surface area contributed by atoms with Gasteiger partial charge in [0.05, 0.1) is 0 Å². The van der Waals surface area contributed by atoms with Crippen LogP contribution in [0, 0.1) is 0 Å². The Morgan fingerprint density at radius 2 is 1.75 bits per heavy atom. The van der Waals surface area contributed by atoms with Gasteiger partial charge in [-0.15, -0.1) is 0 Å². The number of hydrogen-bond donors (Lipinski definition) is 2. The number of carboxylic acids is 1. The van der Waals surface area contributed by atoms with Gasteiger partial charge in [0.1, 0.15) is 0 Å². The molecule has 1 aliphatic heterocycles. The van der Waals surface area contributed by atoms with E-state index in [0.29, 0.717) is 31.6 Å². The van der Waals surface area contributed by atoms with Crippen molar-refractivity contribution in [2.24, 2.45) is 0 Å². The summed E-state index contributed by atoms with van der Waals surface area (Å²) in [5, 5.41) is 11.7. The summed E-state index contributed by atoms with van der Waals surface area (Å²) in [6, 6.07) is 0.547. The van der Waals surface area contributed by atoms with E-state index in [9.17, 15) is 9.59 Å². The summed E-state index contributed by atoms with van der Waals surface area (Å²) < 4.78 is 0. The van der Waals surface area contributed by atoms with Crippen LogP contribution in [0.1, 0.15) is 40.5 Å². The van der Waals surface area contributed by atoms with Crippen molar-refractivity contribution in [3.63, 3.8) is 0 Å². The Morgan fingerprint density at radius 3 is 2.20 bits per heavy atom. The lowest BCUT2D eigenvalue weighted by atomic mass is 9.98. The van der Waals surface area contributed by atoms with Gasteiger partial charge in [0.2, 0.25) is 0 Å². The number of urea groups is 1. The Balaban J connectivity index is 2.55. The van der Waals surface area contributed by atoms with Crippen molar-refractivity contribution >= 4 is 12.0 Å². The molecule has 0 radical (unpaired) electrons. The van der Waals surface area contributed by atoms with E-state index in [1.165, 1.54) is 0 Å². The molecule has 0 bridgehead atoms. The van der Waals surface area contributed by atoms with Gasteiger partial charge in [-0.05, 0) is 41.2 Å². The largest absolute Gasteiger partial charge is 0.481 e. The molecule has 0 aromatic heterocycles. The maximum absolute atomic E-state index is 12.3. The Labute approximate surface area is 121 Å². The van der Waals surface area contributed by atoms with Crippen LogP contribution in [-0.4, -0.2) is 64.7 Å². The molecule has 0 aromatic carbocycles. The van der Waals surface area contributed by atoms with E-state index in [1.54, 1.807) is 0 Å². The number of carbonyl (C=O) groups excluding carboxylic acids is 1. The Bertz CT molecular complexity index is 359. The van der Waals surface area contributed by atoms with Gasteiger partial charge in [-0.1, -0.05) is 0 Å². The molecule has 2 amide bonds. The normalized spacial score (nSPS) is 24.6. The minimum atomic E-state index is -0.839. The maximum atomic E-state index is 12.3. The van der Waals surface area contributed by atoms with Crippen molar-refractivity contribution in [2.45, 2.75) is 58.2 Å². The van der Waals surface area contributed by atoms with E-state index in [0.717, 1.165) is 0 Å². The van der Waals surface area contributed by atoms with Crippen LogP contribution >= 0.6 is 0 Å². The van der Waals surface area contributed by atoms with Crippen molar-refractivity contribution in [1.29, 1.82) is 0 Å². The number of nitrogens with one attached hydrogen (secondary N) is 1. The number of carbonyl (C=O) groups is 2. The highest BCUT2D eigenvalue weighted by molar-refractivity contribution is 5.75. The maximum Gasteiger partial charge on any atom is 0.317 e. The van der Waals surface area contributed by atoms with Gasteiger partial charge in [-0.2, -0.15) is 0 Å². The zero-order valence-electron chi connectivity index (χ0n) is 13.1. The predicted octanol–water partition coefficient (Wildman–Crippen LogP) is 1.36. The van der Waals surface area contributed by atoms with E-state index >= 15 is 0 Å². The molecule has 0 aliphatic carbocycles. The van der Waals surface area contributed by atoms with E-state index in [4.69, 9.17) is 5.11 Å². The summed E-state index contributed by atoms with van der Waals surface area (Å²) >= 11 is 0. The summed E-state index contributed by atoms with van der Waals surface area (Å²) in [4.78, 5) is 27.0. The molecule has 2 unspecified atom stereocenters. The second kappa shape index (κ2) is 6.43. The number of piperazine rings is 1. The molecule has 6 nitrogen and oxygen atoms in total. The SMILES string of the molecule is CC1CN(C(=O)NC(C)(C)CCC(=O)O)CC(C)N1C. The van der Waals surface area contributed by atoms with Crippen molar-refractivity contribution in [2.75, 3.05) is 20.1 Å².